The van der Waals surface area contributed by atoms with E-state index >= 15 is 0 Å². The number of methoxy groups -OCH3 is 1. The minimum Gasteiger partial charge on any atom is -0.491 e. The van der Waals surface area contributed by atoms with E-state index in [-0.39, 0.29) is 12.0 Å². The molecule has 3 aromatic rings. The fourth-order valence-electron chi connectivity index (χ4n) is 7.71. The summed E-state index contributed by atoms with van der Waals surface area (Å²) in [5.74, 6) is 3.11. The molecule has 3 aromatic carbocycles. The molecule has 0 radical (unpaired) electrons. The van der Waals surface area contributed by atoms with E-state index in [4.69, 9.17) is 9.47 Å². The SMILES string of the molecule is CCCCCC1CCC(c2ccc(-c3ccc(-c4cc(Br)c(OCCC(CO)(CCCC)COC)c(Br)c4)c(C4CC4)c3)cc2)CC1. The van der Waals surface area contributed by atoms with Crippen LogP contribution in [-0.4, -0.2) is 32.0 Å². The predicted octanol–water partition coefficient (Wildman–Crippen LogP) is 12.9. The summed E-state index contributed by atoms with van der Waals surface area (Å²) in [4.78, 5) is 0. The maximum Gasteiger partial charge on any atom is 0.147 e. The zero-order valence-electron chi connectivity index (χ0n) is 29.0. The minimum atomic E-state index is -0.266. The highest BCUT2D eigenvalue weighted by Gasteiger charge is 2.30. The van der Waals surface area contributed by atoms with Gasteiger partial charge in [0.2, 0.25) is 0 Å². The zero-order chi connectivity index (χ0) is 33.2. The van der Waals surface area contributed by atoms with Crippen molar-refractivity contribution < 1.29 is 14.6 Å². The van der Waals surface area contributed by atoms with Crippen molar-refractivity contribution in [1.29, 1.82) is 0 Å². The largest absolute Gasteiger partial charge is 0.491 e. The molecule has 0 saturated heterocycles. The van der Waals surface area contributed by atoms with Crippen molar-refractivity contribution in [3.63, 3.8) is 0 Å². The quantitative estimate of drug-likeness (QED) is 0.131. The van der Waals surface area contributed by atoms with Crippen LogP contribution < -0.4 is 4.74 Å². The fraction of sp³-hybridized carbons (Fsp3) is 0.571. The third-order valence-corrected chi connectivity index (χ3v) is 12.1. The summed E-state index contributed by atoms with van der Waals surface area (Å²) in [5, 5.41) is 10.2. The average Bonchev–Trinajstić information content (AvgIpc) is 3.94. The molecule has 1 atom stereocenters. The number of rotatable bonds is 18. The first-order chi connectivity index (χ1) is 22.9. The normalized spacial score (nSPS) is 19.4. The van der Waals surface area contributed by atoms with Gasteiger partial charge in [0.25, 0.3) is 0 Å². The van der Waals surface area contributed by atoms with Crippen LogP contribution in [0.25, 0.3) is 22.3 Å². The lowest BCUT2D eigenvalue weighted by Gasteiger charge is -2.31. The predicted molar refractivity (Wildman–Crippen MR) is 205 cm³/mol. The summed E-state index contributed by atoms with van der Waals surface area (Å²) in [7, 11) is 1.71. The van der Waals surface area contributed by atoms with E-state index in [1.807, 2.05) is 0 Å². The van der Waals surface area contributed by atoms with E-state index in [2.05, 4.69) is 100 Å². The Bertz CT molecular complexity index is 1380. The molecule has 256 valence electrons. The molecule has 2 aliphatic carbocycles. The van der Waals surface area contributed by atoms with Gasteiger partial charge < -0.3 is 14.6 Å². The summed E-state index contributed by atoms with van der Waals surface area (Å²) < 4.78 is 13.7. The van der Waals surface area contributed by atoms with Gasteiger partial charge in [-0.2, -0.15) is 0 Å². The zero-order valence-corrected chi connectivity index (χ0v) is 32.1. The van der Waals surface area contributed by atoms with Crippen LogP contribution in [0.15, 0.2) is 63.5 Å². The maximum absolute atomic E-state index is 10.2. The van der Waals surface area contributed by atoms with Crippen molar-refractivity contribution in [3.05, 3.63) is 74.7 Å². The van der Waals surface area contributed by atoms with Crippen LogP contribution in [0, 0.1) is 11.3 Å². The van der Waals surface area contributed by atoms with Crippen LogP contribution >= 0.6 is 31.9 Å². The first-order valence-corrected chi connectivity index (χ1v) is 19.9. The second-order valence-electron chi connectivity index (χ2n) is 14.5. The number of hydrogen-bond acceptors (Lipinski definition) is 3. The van der Waals surface area contributed by atoms with E-state index in [0.29, 0.717) is 19.1 Å². The van der Waals surface area contributed by atoms with Gasteiger partial charge in [0.1, 0.15) is 5.75 Å². The number of ether oxygens (including phenoxy) is 2. The molecule has 0 bridgehead atoms. The lowest BCUT2D eigenvalue weighted by Crippen LogP contribution is -2.32. The molecule has 0 aliphatic heterocycles. The Hall–Kier alpha value is -1.66. The summed E-state index contributed by atoms with van der Waals surface area (Å²) in [6.45, 7) is 5.65. The Morgan fingerprint density at radius 3 is 2.02 bits per heavy atom. The first-order valence-electron chi connectivity index (χ1n) is 18.4. The molecule has 0 heterocycles. The van der Waals surface area contributed by atoms with Gasteiger partial charge in [-0.25, -0.2) is 0 Å². The molecule has 1 unspecified atom stereocenters. The number of halogens is 2. The van der Waals surface area contributed by atoms with Crippen molar-refractivity contribution in [3.8, 4) is 28.0 Å². The highest BCUT2D eigenvalue weighted by molar-refractivity contribution is 9.11. The number of aliphatic hydroxyl groups excluding tert-OH is 1. The molecule has 2 aliphatic rings. The maximum atomic E-state index is 10.2. The summed E-state index contributed by atoms with van der Waals surface area (Å²) in [6, 6.07) is 21.0. The molecular formula is C42H56Br2O3. The number of hydrogen-bond donors (Lipinski definition) is 1. The van der Waals surface area contributed by atoms with Gasteiger partial charge >= 0.3 is 0 Å². The monoisotopic (exact) mass is 766 g/mol. The molecule has 2 saturated carbocycles. The van der Waals surface area contributed by atoms with Crippen molar-refractivity contribution in [2.24, 2.45) is 11.3 Å². The van der Waals surface area contributed by atoms with Gasteiger partial charge in [0.05, 0.1) is 28.8 Å². The van der Waals surface area contributed by atoms with Crippen LogP contribution in [0.5, 0.6) is 5.75 Å². The molecule has 2 fully saturated rings. The highest BCUT2D eigenvalue weighted by atomic mass is 79.9. The molecule has 0 amide bonds. The van der Waals surface area contributed by atoms with Crippen LogP contribution in [-0.2, 0) is 4.74 Å². The van der Waals surface area contributed by atoms with Gasteiger partial charge in [-0.1, -0.05) is 94.8 Å². The van der Waals surface area contributed by atoms with Crippen molar-refractivity contribution in [2.75, 3.05) is 26.9 Å². The van der Waals surface area contributed by atoms with E-state index in [0.717, 1.165) is 52.2 Å². The van der Waals surface area contributed by atoms with E-state index in [1.165, 1.54) is 97.6 Å². The van der Waals surface area contributed by atoms with E-state index in [1.54, 1.807) is 7.11 Å². The lowest BCUT2D eigenvalue weighted by atomic mass is 9.77. The molecule has 47 heavy (non-hydrogen) atoms. The molecule has 5 heteroatoms. The summed E-state index contributed by atoms with van der Waals surface area (Å²) >= 11 is 7.64. The smallest absolute Gasteiger partial charge is 0.147 e. The van der Waals surface area contributed by atoms with Crippen LogP contribution in [0.4, 0.5) is 0 Å². The fourth-order valence-corrected chi connectivity index (χ4v) is 9.12. The second-order valence-corrected chi connectivity index (χ2v) is 16.2. The summed E-state index contributed by atoms with van der Waals surface area (Å²) in [6.07, 6.45) is 17.4. The van der Waals surface area contributed by atoms with Gasteiger partial charge in [0, 0.05) is 12.5 Å². The van der Waals surface area contributed by atoms with Crippen LogP contribution in [0.3, 0.4) is 0 Å². The van der Waals surface area contributed by atoms with Crippen LogP contribution in [0.1, 0.15) is 127 Å². The van der Waals surface area contributed by atoms with Crippen molar-refractivity contribution >= 4 is 31.9 Å². The first kappa shape index (κ1) is 36.6. The number of aliphatic hydroxyl groups is 1. The average molecular weight is 769 g/mol. The van der Waals surface area contributed by atoms with Gasteiger partial charge in [-0.3, -0.25) is 0 Å². The Balaban J connectivity index is 1.26. The summed E-state index contributed by atoms with van der Waals surface area (Å²) in [5.41, 5.74) is 7.83. The molecule has 3 nitrogen and oxygen atoms in total. The number of benzene rings is 3. The molecule has 0 spiro atoms. The Labute approximate surface area is 301 Å². The molecule has 5 rings (SSSR count). The Morgan fingerprint density at radius 1 is 0.745 bits per heavy atom. The lowest BCUT2D eigenvalue weighted by molar-refractivity contribution is 0.00628. The number of unbranched alkanes of at least 4 members (excludes halogenated alkanes) is 3. The minimum absolute atomic E-state index is 0.107. The molecule has 0 aromatic heterocycles. The third kappa shape index (κ3) is 9.74. The van der Waals surface area contributed by atoms with E-state index < -0.39 is 0 Å². The van der Waals surface area contributed by atoms with Crippen LogP contribution in [0.2, 0.25) is 0 Å². The third-order valence-electron chi connectivity index (χ3n) is 10.9. The highest BCUT2D eigenvalue weighted by Crippen LogP contribution is 2.48. The van der Waals surface area contributed by atoms with Gasteiger partial charge in [0.15, 0.2) is 0 Å². The molecule has 1 N–H and O–H groups in total. The van der Waals surface area contributed by atoms with Gasteiger partial charge in [-0.05, 0) is 146 Å². The van der Waals surface area contributed by atoms with E-state index in [9.17, 15) is 5.11 Å². The topological polar surface area (TPSA) is 38.7 Å². The second kappa shape index (κ2) is 17.8. The standard InChI is InChI=1S/C42H56Br2O3/c1-4-6-8-9-30-10-12-31(13-11-30)32-14-16-33(17-15-32)35-20-21-37(38(25-35)34-18-19-34)36-26-39(43)41(40(44)27-36)47-24-23-42(28-45,29-46-3)22-7-5-2/h14-17,20-21,25-27,30-31,34,45H,4-13,18-19,22-24,28-29H2,1-3H3. The molecular weight excluding hydrogens is 712 g/mol. The Kier molecular flexibility index (Phi) is 13.9. The van der Waals surface area contributed by atoms with Crippen molar-refractivity contribution in [2.45, 2.75) is 116 Å². The van der Waals surface area contributed by atoms with Crippen molar-refractivity contribution in [1.82, 2.24) is 0 Å². The van der Waals surface area contributed by atoms with Gasteiger partial charge in [-0.15, -0.1) is 0 Å². The Morgan fingerprint density at radius 2 is 1.40 bits per heavy atom.